The molecule has 0 saturated heterocycles. The molecule has 18 heteroatoms. The van der Waals surface area contributed by atoms with Crippen molar-refractivity contribution in [3.05, 3.63) is 0 Å². The van der Waals surface area contributed by atoms with E-state index in [1.807, 2.05) is 0 Å². The summed E-state index contributed by atoms with van der Waals surface area (Å²) in [6.07, 6.45) is 0. The molecule has 8 N–H and O–H groups in total. The molecule has 0 spiro atoms. The molecule has 136 valence electrons. The minimum Gasteiger partial charge on any atom is -0.322 e. The van der Waals surface area contributed by atoms with Gasteiger partial charge in [-0.1, -0.05) is 0 Å². The van der Waals surface area contributed by atoms with Gasteiger partial charge < -0.3 is 39.1 Å². The van der Waals surface area contributed by atoms with E-state index in [1.54, 1.807) is 0 Å². The van der Waals surface area contributed by atoms with Crippen LogP contribution in [0.2, 0.25) is 0 Å². The largest absolute Gasteiger partial charge is 0.374 e. The zero-order valence-electron chi connectivity index (χ0n) is 10.8. The Balaban J connectivity index is 0. The van der Waals surface area contributed by atoms with Gasteiger partial charge in [0.2, 0.25) is 0 Å². The van der Waals surface area contributed by atoms with Crippen LogP contribution in [-0.4, -0.2) is 49.4 Å². The Hall–Kier alpha value is 0.460. The lowest BCUT2D eigenvalue weighted by Crippen LogP contribution is -2.17. The summed E-state index contributed by atoms with van der Waals surface area (Å²) in [5.41, 5.74) is 0. The summed E-state index contributed by atoms with van der Waals surface area (Å²) >= 11 is 0. The molecule has 0 aliphatic heterocycles. The van der Waals surface area contributed by atoms with Crippen LogP contribution in [0.15, 0.2) is 0 Å². The first-order chi connectivity index (χ1) is 9.00. The van der Waals surface area contributed by atoms with Crippen molar-refractivity contribution < 1.29 is 66.2 Å². The van der Waals surface area contributed by atoms with Gasteiger partial charge in [-0.25, -0.2) is 8.78 Å². The van der Waals surface area contributed by atoms with Crippen LogP contribution in [0.25, 0.3) is 0 Å². The Morgan fingerprint density at radius 2 is 0.636 bits per heavy atom. The maximum Gasteiger partial charge on any atom is 0.374 e. The first-order valence-corrected chi connectivity index (χ1v) is 11.1. The molecule has 0 aromatic carbocycles. The Kier molecular flexibility index (Phi) is 7.59. The highest BCUT2D eigenvalue weighted by molar-refractivity contribution is 7.72. The molecule has 0 bridgehead atoms. The Bertz CT molecular complexity index is 474. The first kappa shape index (κ1) is 24.7. The molecule has 0 aromatic rings. The van der Waals surface area contributed by atoms with E-state index in [9.17, 15) is 27.0 Å². The average molecular weight is 415 g/mol. The molecule has 0 atom stereocenters. The zero-order valence-corrected chi connectivity index (χ0v) is 14.3. The molecule has 0 unspecified atom stereocenters. The molecule has 12 nitrogen and oxygen atoms in total. The first-order valence-electron chi connectivity index (χ1n) is 4.60. The fourth-order valence-electron chi connectivity index (χ4n) is 0.339. The summed E-state index contributed by atoms with van der Waals surface area (Å²) in [6.45, 7) is 0.323. The van der Waals surface area contributed by atoms with E-state index < -0.39 is 40.7 Å². The van der Waals surface area contributed by atoms with E-state index in [0.717, 1.165) is 0 Å². The van der Waals surface area contributed by atoms with Crippen molar-refractivity contribution in [2.24, 2.45) is 0 Å². The molecule has 0 saturated carbocycles. The second kappa shape index (κ2) is 6.76. The van der Waals surface area contributed by atoms with Crippen LogP contribution >= 0.6 is 30.4 Å². The summed E-state index contributed by atoms with van der Waals surface area (Å²) < 4.78 is 65.7. The Morgan fingerprint density at radius 1 is 0.545 bits per heavy atom. The molecule has 0 rings (SSSR count). The van der Waals surface area contributed by atoms with Crippen LogP contribution in [0.4, 0.5) is 8.78 Å². The number of hydrogen-bond acceptors (Lipinski definition) is 4. The summed E-state index contributed by atoms with van der Waals surface area (Å²) in [5, 5.41) is -7.58. The minimum atomic E-state index is -5.42. The predicted octanol–water partition coefficient (Wildman–Crippen LogP) is -0.0300. The van der Waals surface area contributed by atoms with Crippen LogP contribution in [0, 0.1) is 0 Å². The van der Waals surface area contributed by atoms with E-state index >= 15 is 0 Å². The molecule has 0 heterocycles. The van der Waals surface area contributed by atoms with Crippen molar-refractivity contribution in [1.29, 1.82) is 0 Å². The molecule has 0 radical (unpaired) electrons. The van der Waals surface area contributed by atoms with Gasteiger partial charge in [0.1, 0.15) is 0 Å². The van der Waals surface area contributed by atoms with Gasteiger partial charge in [0, 0.05) is 0 Å². The van der Waals surface area contributed by atoms with Crippen molar-refractivity contribution in [2.75, 3.05) is 0 Å². The van der Waals surface area contributed by atoms with Crippen LogP contribution < -0.4 is 0 Å². The number of hydrogen-bond donors (Lipinski definition) is 8. The maximum absolute atomic E-state index is 12.6. The topological polar surface area (TPSA) is 230 Å². The summed E-state index contributed by atoms with van der Waals surface area (Å²) in [4.78, 5) is 65.0. The molecule has 22 heavy (non-hydrogen) atoms. The summed E-state index contributed by atoms with van der Waals surface area (Å²) in [5.74, 6) is 0. The number of rotatable bonds is 4. The molecular formula is C4H14F2O12P4. The van der Waals surface area contributed by atoms with Gasteiger partial charge in [-0.3, -0.25) is 18.3 Å². The molecule has 0 fully saturated rings. The highest BCUT2D eigenvalue weighted by atomic mass is 31.2. The number of halogens is 2. The van der Waals surface area contributed by atoms with Crippen molar-refractivity contribution >= 4 is 30.4 Å². The summed E-state index contributed by atoms with van der Waals surface area (Å²) in [6, 6.07) is 0. The van der Waals surface area contributed by atoms with Crippen LogP contribution in [0.5, 0.6) is 0 Å². The fraction of sp³-hybridized carbons (Fsp3) is 1.00. The molecule has 0 aromatic heterocycles. The highest BCUT2D eigenvalue weighted by Gasteiger charge is 2.58. The number of alkyl halides is 2. The normalized spacial score (nSPS) is 15.1. The monoisotopic (exact) mass is 415 g/mol. The van der Waals surface area contributed by atoms with Crippen molar-refractivity contribution in [1.82, 2.24) is 0 Å². The standard InChI is InChI=1S/2C2H7FO6P2/c2*1-2(3,10(4,5)6)11(7,8)9/h2*1H3,(H2,4,5,6)(H2,7,8,9)/i3-1;. The Morgan fingerprint density at radius 3 is 0.636 bits per heavy atom. The Labute approximate surface area is 121 Å². The molecule has 0 amide bonds. The third kappa shape index (κ3) is 5.83. The van der Waals surface area contributed by atoms with Crippen molar-refractivity contribution in [2.45, 2.75) is 24.1 Å². The van der Waals surface area contributed by atoms with Crippen LogP contribution in [0.3, 0.4) is 0 Å². The SMILES string of the molecule is CC(F)(P(=O)(O)O)P(=O)(O)O.CC([18F])(P(=O)(O)O)P(=O)(O)O. The average Bonchev–Trinajstić information content (AvgIpc) is 2.10. The lowest BCUT2D eigenvalue weighted by atomic mass is 10.9. The lowest BCUT2D eigenvalue weighted by Gasteiger charge is -2.21. The minimum absolute atomic E-state index is 0.161. The van der Waals surface area contributed by atoms with Gasteiger partial charge in [0.15, 0.2) is 0 Å². The van der Waals surface area contributed by atoms with Crippen LogP contribution in [-0.2, 0) is 18.3 Å². The van der Waals surface area contributed by atoms with Gasteiger partial charge >= 0.3 is 40.7 Å². The van der Waals surface area contributed by atoms with E-state index in [0.29, 0.717) is 0 Å². The fourth-order valence-corrected chi connectivity index (χ4v) is 3.05. The molecule has 0 aliphatic carbocycles. The van der Waals surface area contributed by atoms with Crippen molar-refractivity contribution in [3.63, 3.8) is 0 Å². The van der Waals surface area contributed by atoms with E-state index in [2.05, 4.69) is 0 Å². The van der Waals surface area contributed by atoms with E-state index in [1.165, 1.54) is 0 Å². The third-order valence-corrected chi connectivity index (χ3v) is 9.51. The second-order valence-corrected chi connectivity index (χ2v) is 12.4. The maximum atomic E-state index is 12.6. The van der Waals surface area contributed by atoms with Gasteiger partial charge in [-0.2, -0.15) is 0 Å². The lowest BCUT2D eigenvalue weighted by molar-refractivity contribution is 0.234. The quantitative estimate of drug-likeness (QED) is 0.283. The highest BCUT2D eigenvalue weighted by Crippen LogP contribution is 2.70. The summed E-state index contributed by atoms with van der Waals surface area (Å²) in [7, 11) is -21.7. The zero-order chi connectivity index (χ0) is 19.0. The van der Waals surface area contributed by atoms with E-state index in [-0.39, 0.29) is 13.8 Å². The third-order valence-electron chi connectivity index (χ3n) is 2.13. The molecule has 0 aliphatic rings. The second-order valence-electron chi connectivity index (χ2n) is 3.99. The van der Waals surface area contributed by atoms with Crippen LogP contribution in [0.1, 0.15) is 13.8 Å². The van der Waals surface area contributed by atoms with Gasteiger partial charge in [0.25, 0.3) is 0 Å². The van der Waals surface area contributed by atoms with Gasteiger partial charge in [-0.05, 0) is 13.8 Å². The predicted molar refractivity (Wildman–Crippen MR) is 67.2 cm³/mol. The van der Waals surface area contributed by atoms with Crippen molar-refractivity contribution in [3.8, 4) is 0 Å². The van der Waals surface area contributed by atoms with E-state index in [4.69, 9.17) is 39.1 Å². The molecular weight excluding hydrogens is 401 g/mol. The smallest absolute Gasteiger partial charge is 0.322 e. The van der Waals surface area contributed by atoms with Gasteiger partial charge in [0.05, 0.1) is 0 Å². The van der Waals surface area contributed by atoms with Gasteiger partial charge in [-0.15, -0.1) is 0 Å².